The molecule has 1 fully saturated rings. The second kappa shape index (κ2) is 8.38. The first-order valence-electron chi connectivity index (χ1n) is 7.29. The van der Waals surface area contributed by atoms with Crippen molar-refractivity contribution in [3.05, 3.63) is 23.8 Å². The number of amides is 1. The third-order valence-corrected chi connectivity index (χ3v) is 3.95. The normalized spacial score (nSPS) is 18.4. The molecule has 0 bridgehead atoms. The van der Waals surface area contributed by atoms with Gasteiger partial charge in [0.25, 0.3) is 0 Å². The highest BCUT2D eigenvalue weighted by atomic mass is 35.5. The van der Waals surface area contributed by atoms with E-state index in [4.69, 9.17) is 15.2 Å². The molecule has 23 heavy (non-hydrogen) atoms. The van der Waals surface area contributed by atoms with Crippen molar-refractivity contribution in [1.82, 2.24) is 4.90 Å². The molecule has 6 nitrogen and oxygen atoms in total. The van der Waals surface area contributed by atoms with Crippen LogP contribution < -0.4 is 15.2 Å². The smallest absolute Gasteiger partial charge is 0.242 e. The Labute approximate surface area is 143 Å². The average Bonchev–Trinajstić information content (AvgIpc) is 3.06. The molecular weight excluding hydrogens is 320 g/mol. The standard InChI is InChI=1S/C15H20N2O4.CH4.ClH/c16-13(15(19)17-5-1-2-6-17)14(18)10-3-4-11-12(9-10)21-8-7-20-11;;/h3-4,9,13-14,18H,1-2,5-8,16H2;1H4;1H/t13-,14+;;/m1../s1. The Hall–Kier alpha value is -1.50. The number of aliphatic hydroxyl groups is 1. The third-order valence-electron chi connectivity index (χ3n) is 3.95. The van der Waals surface area contributed by atoms with Crippen molar-refractivity contribution in [2.75, 3.05) is 26.3 Å². The fraction of sp³-hybridized carbons (Fsp3) is 0.562. The second-order valence-electron chi connectivity index (χ2n) is 5.41. The molecule has 2 aliphatic heterocycles. The van der Waals surface area contributed by atoms with Crippen molar-refractivity contribution in [2.45, 2.75) is 32.4 Å². The number of likely N-dealkylation sites (tertiary alicyclic amines) is 1. The highest BCUT2D eigenvalue weighted by Crippen LogP contribution is 2.33. The number of nitrogens with zero attached hydrogens (tertiary/aromatic N) is 1. The molecule has 0 spiro atoms. The van der Waals surface area contributed by atoms with Gasteiger partial charge in [-0.15, -0.1) is 12.4 Å². The lowest BCUT2D eigenvalue weighted by molar-refractivity contribution is -0.134. The van der Waals surface area contributed by atoms with E-state index in [-0.39, 0.29) is 25.7 Å². The van der Waals surface area contributed by atoms with Crippen LogP contribution in [0.15, 0.2) is 18.2 Å². The van der Waals surface area contributed by atoms with Gasteiger partial charge in [-0.2, -0.15) is 0 Å². The van der Waals surface area contributed by atoms with Crippen LogP contribution in [0.2, 0.25) is 0 Å². The van der Waals surface area contributed by atoms with Gasteiger partial charge in [0.2, 0.25) is 5.91 Å². The average molecular weight is 345 g/mol. The molecule has 7 heteroatoms. The summed E-state index contributed by atoms with van der Waals surface area (Å²) in [5, 5.41) is 10.4. The SMILES string of the molecule is C.Cl.N[C@@H](C(=O)N1CCCC1)[C@@H](O)c1ccc2c(c1)OCCO2. The highest BCUT2D eigenvalue weighted by Gasteiger charge is 2.30. The molecule has 0 unspecified atom stereocenters. The number of ether oxygens (including phenoxy) is 2. The minimum absolute atomic E-state index is 0. The number of aliphatic hydroxyl groups excluding tert-OH is 1. The second-order valence-corrected chi connectivity index (χ2v) is 5.41. The number of benzene rings is 1. The predicted octanol–water partition coefficient (Wildman–Crippen LogP) is 1.50. The van der Waals surface area contributed by atoms with Crippen LogP contribution in [0.5, 0.6) is 11.5 Å². The Morgan fingerprint density at radius 3 is 2.43 bits per heavy atom. The number of carbonyl (C=O) groups is 1. The van der Waals surface area contributed by atoms with E-state index < -0.39 is 12.1 Å². The van der Waals surface area contributed by atoms with Gasteiger partial charge in [-0.25, -0.2) is 0 Å². The number of fused-ring (bicyclic) bond motifs is 1. The van der Waals surface area contributed by atoms with Gasteiger partial charge in [0.15, 0.2) is 11.5 Å². The van der Waals surface area contributed by atoms with Crippen LogP contribution in [0.1, 0.15) is 31.9 Å². The number of hydrogen-bond acceptors (Lipinski definition) is 5. The Morgan fingerprint density at radius 2 is 1.78 bits per heavy atom. The largest absolute Gasteiger partial charge is 0.486 e. The molecule has 2 atom stereocenters. The molecule has 0 radical (unpaired) electrons. The number of carbonyl (C=O) groups excluding carboxylic acids is 1. The van der Waals surface area contributed by atoms with Crippen molar-refractivity contribution in [1.29, 1.82) is 0 Å². The van der Waals surface area contributed by atoms with Gasteiger partial charge in [-0.05, 0) is 30.5 Å². The number of halogens is 1. The molecule has 1 saturated heterocycles. The van der Waals surface area contributed by atoms with Gasteiger partial charge in [-0.1, -0.05) is 13.5 Å². The summed E-state index contributed by atoms with van der Waals surface area (Å²) in [6, 6.07) is 4.19. The van der Waals surface area contributed by atoms with Crippen LogP contribution >= 0.6 is 12.4 Å². The van der Waals surface area contributed by atoms with E-state index in [0.717, 1.165) is 25.9 Å². The monoisotopic (exact) mass is 344 g/mol. The van der Waals surface area contributed by atoms with Crippen molar-refractivity contribution in [2.24, 2.45) is 5.73 Å². The molecule has 2 aliphatic rings. The molecule has 130 valence electrons. The fourth-order valence-corrected chi connectivity index (χ4v) is 2.73. The van der Waals surface area contributed by atoms with Crippen LogP contribution in [0.25, 0.3) is 0 Å². The molecule has 0 aliphatic carbocycles. The number of rotatable bonds is 3. The first-order valence-corrected chi connectivity index (χ1v) is 7.29. The number of hydrogen-bond donors (Lipinski definition) is 2. The molecule has 1 aromatic rings. The first-order chi connectivity index (χ1) is 10.2. The molecule has 0 saturated carbocycles. The summed E-state index contributed by atoms with van der Waals surface area (Å²) in [6.45, 7) is 2.44. The Bertz CT molecular complexity index is 535. The maximum absolute atomic E-state index is 12.2. The van der Waals surface area contributed by atoms with Gasteiger partial charge >= 0.3 is 0 Å². The molecule has 3 N–H and O–H groups in total. The van der Waals surface area contributed by atoms with Crippen LogP contribution in [-0.4, -0.2) is 48.3 Å². The van der Waals surface area contributed by atoms with Crippen molar-refractivity contribution in [3.63, 3.8) is 0 Å². The summed E-state index contributed by atoms with van der Waals surface area (Å²) >= 11 is 0. The van der Waals surface area contributed by atoms with Gasteiger partial charge in [0.05, 0.1) is 0 Å². The van der Waals surface area contributed by atoms with Crippen LogP contribution in [0.4, 0.5) is 0 Å². The van der Waals surface area contributed by atoms with E-state index in [1.54, 1.807) is 23.1 Å². The molecule has 2 heterocycles. The van der Waals surface area contributed by atoms with Crippen LogP contribution in [0.3, 0.4) is 0 Å². The first kappa shape index (κ1) is 19.5. The van der Waals surface area contributed by atoms with E-state index >= 15 is 0 Å². The molecule has 0 aromatic heterocycles. The highest BCUT2D eigenvalue weighted by molar-refractivity contribution is 5.85. The fourth-order valence-electron chi connectivity index (χ4n) is 2.73. The molecule has 1 aromatic carbocycles. The Morgan fingerprint density at radius 1 is 1.17 bits per heavy atom. The van der Waals surface area contributed by atoms with Crippen molar-refractivity contribution < 1.29 is 19.4 Å². The van der Waals surface area contributed by atoms with E-state index in [9.17, 15) is 9.90 Å². The zero-order chi connectivity index (χ0) is 14.8. The summed E-state index contributed by atoms with van der Waals surface area (Å²) < 4.78 is 10.9. The summed E-state index contributed by atoms with van der Waals surface area (Å²) in [5.74, 6) is 1.03. The van der Waals surface area contributed by atoms with Gasteiger partial charge < -0.3 is 25.2 Å². The van der Waals surface area contributed by atoms with Gasteiger partial charge in [0.1, 0.15) is 25.4 Å². The van der Waals surface area contributed by atoms with E-state index in [0.29, 0.717) is 30.3 Å². The van der Waals surface area contributed by atoms with Crippen molar-refractivity contribution >= 4 is 18.3 Å². The van der Waals surface area contributed by atoms with Crippen LogP contribution in [-0.2, 0) is 4.79 Å². The lowest BCUT2D eigenvalue weighted by Gasteiger charge is -2.25. The van der Waals surface area contributed by atoms with Crippen molar-refractivity contribution in [3.8, 4) is 11.5 Å². The lowest BCUT2D eigenvalue weighted by Crippen LogP contribution is -2.45. The summed E-state index contributed by atoms with van der Waals surface area (Å²) in [5.41, 5.74) is 6.50. The quantitative estimate of drug-likeness (QED) is 0.868. The third kappa shape index (κ3) is 4.07. The minimum atomic E-state index is -1.05. The summed E-state index contributed by atoms with van der Waals surface area (Å²) in [6.07, 6.45) is 0.950. The zero-order valence-corrected chi connectivity index (χ0v) is 13.1. The maximum atomic E-state index is 12.2. The Balaban J connectivity index is 0.00000132. The molecule has 1 amide bonds. The van der Waals surface area contributed by atoms with Gasteiger partial charge in [-0.3, -0.25) is 4.79 Å². The van der Waals surface area contributed by atoms with E-state index in [1.165, 1.54) is 0 Å². The van der Waals surface area contributed by atoms with Gasteiger partial charge in [0, 0.05) is 13.1 Å². The van der Waals surface area contributed by atoms with Crippen LogP contribution in [0, 0.1) is 0 Å². The summed E-state index contributed by atoms with van der Waals surface area (Å²) in [7, 11) is 0. The predicted molar refractivity (Wildman–Crippen MR) is 90.2 cm³/mol. The maximum Gasteiger partial charge on any atom is 0.242 e. The topological polar surface area (TPSA) is 85.0 Å². The zero-order valence-electron chi connectivity index (χ0n) is 12.2. The van der Waals surface area contributed by atoms with E-state index in [1.807, 2.05) is 0 Å². The minimum Gasteiger partial charge on any atom is -0.486 e. The molecule has 3 rings (SSSR count). The summed E-state index contributed by atoms with van der Waals surface area (Å²) in [4.78, 5) is 13.9. The number of nitrogens with two attached hydrogens (primary N) is 1. The Kier molecular flexibility index (Phi) is 7.12. The molecular formula is C16H25ClN2O4. The van der Waals surface area contributed by atoms with E-state index in [2.05, 4.69) is 0 Å². The lowest BCUT2D eigenvalue weighted by atomic mass is 10.0.